The van der Waals surface area contributed by atoms with Gasteiger partial charge in [-0.25, -0.2) is 8.78 Å². The summed E-state index contributed by atoms with van der Waals surface area (Å²) in [7, 11) is 0. The number of aryl methyl sites for hydroxylation is 1. The van der Waals surface area contributed by atoms with Gasteiger partial charge in [-0.05, 0) is 35.7 Å². The number of aromatic nitrogens is 4. The van der Waals surface area contributed by atoms with Crippen LogP contribution in [0.2, 0.25) is 0 Å². The summed E-state index contributed by atoms with van der Waals surface area (Å²) in [6.45, 7) is 3.91. The molecule has 1 saturated heterocycles. The Morgan fingerprint density at radius 1 is 1.29 bits per heavy atom. The summed E-state index contributed by atoms with van der Waals surface area (Å²) in [5, 5.41) is 10.9. The first-order chi connectivity index (χ1) is 14.9. The zero-order chi connectivity index (χ0) is 22.1. The van der Waals surface area contributed by atoms with Gasteiger partial charge in [0, 0.05) is 25.6 Å². The predicted molar refractivity (Wildman–Crippen MR) is 110 cm³/mol. The van der Waals surface area contributed by atoms with Crippen molar-refractivity contribution in [2.24, 2.45) is 0 Å². The van der Waals surface area contributed by atoms with Gasteiger partial charge in [0.1, 0.15) is 17.9 Å². The van der Waals surface area contributed by atoms with Crippen LogP contribution in [0.15, 0.2) is 10.7 Å². The number of anilines is 1. The maximum atomic E-state index is 13.3. The minimum Gasteiger partial charge on any atom is -0.378 e. The molecule has 0 radical (unpaired) electrons. The van der Waals surface area contributed by atoms with E-state index in [0.717, 1.165) is 12.8 Å². The Balaban J connectivity index is 1.54. The summed E-state index contributed by atoms with van der Waals surface area (Å²) >= 11 is 3.22. The van der Waals surface area contributed by atoms with Gasteiger partial charge in [-0.1, -0.05) is 0 Å². The highest BCUT2D eigenvalue weighted by atomic mass is 79.9. The molecule has 3 heterocycles. The molecule has 0 bridgehead atoms. The van der Waals surface area contributed by atoms with Crippen molar-refractivity contribution >= 4 is 33.4 Å². The van der Waals surface area contributed by atoms with E-state index in [1.54, 1.807) is 4.90 Å². The minimum absolute atomic E-state index is 0.114. The summed E-state index contributed by atoms with van der Waals surface area (Å²) in [6, 6.07) is 0. The number of nitrogens with one attached hydrogen (secondary N) is 1. The van der Waals surface area contributed by atoms with Gasteiger partial charge >= 0.3 is 0 Å². The highest BCUT2D eigenvalue weighted by Gasteiger charge is 2.34. The summed E-state index contributed by atoms with van der Waals surface area (Å²) in [5.74, 6) is -0.591. The van der Waals surface area contributed by atoms with Crippen LogP contribution in [0.25, 0.3) is 0 Å². The van der Waals surface area contributed by atoms with Gasteiger partial charge in [0.05, 0.1) is 35.3 Å². The molecule has 2 aliphatic rings. The number of nitrogens with zero attached hydrogens (tertiary/aromatic N) is 5. The van der Waals surface area contributed by atoms with Gasteiger partial charge in [-0.15, -0.1) is 0 Å². The highest BCUT2D eigenvalue weighted by molar-refractivity contribution is 9.10. The number of carbonyl (C=O) groups excluding carboxylic acids is 2. The molecular formula is C19H23BrF2N6O3. The van der Waals surface area contributed by atoms with E-state index in [1.807, 2.05) is 6.92 Å². The molecule has 1 N–H and O–H groups in total. The number of morpholine rings is 1. The summed E-state index contributed by atoms with van der Waals surface area (Å²) in [5.41, 5.74) is 0.822. The molecule has 0 atom stereocenters. The average molecular weight is 501 g/mol. The van der Waals surface area contributed by atoms with Crippen molar-refractivity contribution in [1.82, 2.24) is 24.5 Å². The lowest BCUT2D eigenvalue weighted by atomic mass is 10.2. The Hall–Kier alpha value is -2.34. The average Bonchev–Trinajstić information content (AvgIpc) is 3.42. The van der Waals surface area contributed by atoms with E-state index in [0.29, 0.717) is 38.5 Å². The Labute approximate surface area is 185 Å². The second kappa shape index (κ2) is 9.03. The minimum atomic E-state index is -2.74. The number of ether oxygens (including phenoxy) is 1. The van der Waals surface area contributed by atoms with Crippen LogP contribution < -0.4 is 5.32 Å². The van der Waals surface area contributed by atoms with Crippen LogP contribution in [0, 0.1) is 0 Å². The van der Waals surface area contributed by atoms with E-state index in [-0.39, 0.29) is 39.9 Å². The Morgan fingerprint density at radius 3 is 2.61 bits per heavy atom. The topological polar surface area (TPSA) is 94.3 Å². The van der Waals surface area contributed by atoms with Gasteiger partial charge in [0.15, 0.2) is 0 Å². The standard InChI is InChI=1S/C19H23BrF2N6O3/c1-2-27-17(19(30)26-5-7-31-8-6-26)12(9-23-27)24-13(29)10-28-16(11-3-4-11)14(20)15(25-28)18(21)22/h9,11,18H,2-8,10H2,1H3,(H,24,29). The molecular weight excluding hydrogens is 478 g/mol. The van der Waals surface area contributed by atoms with Gasteiger partial charge in [0.25, 0.3) is 12.3 Å². The zero-order valence-corrected chi connectivity index (χ0v) is 18.6. The molecule has 12 heteroatoms. The molecule has 1 aliphatic carbocycles. The van der Waals surface area contributed by atoms with E-state index in [9.17, 15) is 18.4 Å². The second-order valence-corrected chi connectivity index (χ2v) is 8.29. The monoisotopic (exact) mass is 500 g/mol. The number of rotatable bonds is 7. The molecule has 0 unspecified atom stereocenters. The fourth-order valence-electron chi connectivity index (χ4n) is 3.66. The van der Waals surface area contributed by atoms with Gasteiger partial charge in [-0.2, -0.15) is 10.2 Å². The van der Waals surface area contributed by atoms with E-state index in [4.69, 9.17) is 4.74 Å². The van der Waals surface area contributed by atoms with Crippen molar-refractivity contribution in [2.75, 3.05) is 31.6 Å². The van der Waals surface area contributed by atoms with Gasteiger partial charge in [-0.3, -0.25) is 19.0 Å². The molecule has 0 spiro atoms. The van der Waals surface area contributed by atoms with Crippen molar-refractivity contribution < 1.29 is 23.1 Å². The predicted octanol–water partition coefficient (Wildman–Crippen LogP) is 2.79. The lowest BCUT2D eigenvalue weighted by Crippen LogP contribution is -2.41. The van der Waals surface area contributed by atoms with Crippen LogP contribution in [0.4, 0.5) is 14.5 Å². The fourth-order valence-corrected chi connectivity index (χ4v) is 4.44. The number of halogens is 3. The molecule has 9 nitrogen and oxygen atoms in total. The number of carbonyl (C=O) groups is 2. The first-order valence-corrected chi connectivity index (χ1v) is 11.0. The van der Waals surface area contributed by atoms with Crippen molar-refractivity contribution in [2.45, 2.75) is 45.2 Å². The highest BCUT2D eigenvalue weighted by Crippen LogP contribution is 2.45. The number of hydrogen-bond donors (Lipinski definition) is 1. The zero-order valence-electron chi connectivity index (χ0n) is 17.0. The molecule has 1 saturated carbocycles. The van der Waals surface area contributed by atoms with E-state index >= 15 is 0 Å². The maximum Gasteiger partial charge on any atom is 0.283 e. The first-order valence-electron chi connectivity index (χ1n) is 10.2. The number of hydrogen-bond acceptors (Lipinski definition) is 5. The molecule has 0 aromatic carbocycles. The van der Waals surface area contributed by atoms with Gasteiger partial charge < -0.3 is 15.0 Å². The third kappa shape index (κ3) is 4.49. The fraction of sp³-hybridized carbons (Fsp3) is 0.579. The third-order valence-electron chi connectivity index (χ3n) is 5.33. The molecule has 2 fully saturated rings. The van der Waals surface area contributed by atoms with Crippen molar-refractivity contribution in [3.63, 3.8) is 0 Å². The molecule has 168 valence electrons. The third-order valence-corrected chi connectivity index (χ3v) is 6.15. The molecule has 2 aromatic rings. The Bertz CT molecular complexity index is 982. The van der Waals surface area contributed by atoms with Crippen LogP contribution >= 0.6 is 15.9 Å². The smallest absolute Gasteiger partial charge is 0.283 e. The molecule has 4 rings (SSSR count). The first kappa shape index (κ1) is 21.9. The Morgan fingerprint density at radius 2 is 2.00 bits per heavy atom. The van der Waals surface area contributed by atoms with Crippen LogP contribution in [0.3, 0.4) is 0 Å². The van der Waals surface area contributed by atoms with Crippen LogP contribution in [0.1, 0.15) is 54.0 Å². The van der Waals surface area contributed by atoms with E-state index in [2.05, 4.69) is 31.4 Å². The molecule has 2 aromatic heterocycles. The maximum absolute atomic E-state index is 13.3. The summed E-state index contributed by atoms with van der Waals surface area (Å²) in [6.07, 6.45) is 0.434. The second-order valence-electron chi connectivity index (χ2n) is 7.49. The lowest BCUT2D eigenvalue weighted by molar-refractivity contribution is -0.117. The van der Waals surface area contributed by atoms with Crippen molar-refractivity contribution in [3.8, 4) is 0 Å². The number of amides is 2. The number of alkyl halides is 2. The summed E-state index contributed by atoms with van der Waals surface area (Å²) in [4.78, 5) is 27.4. The van der Waals surface area contributed by atoms with Crippen LogP contribution in [-0.4, -0.2) is 62.6 Å². The van der Waals surface area contributed by atoms with Gasteiger partial charge in [0.2, 0.25) is 5.91 Å². The molecule has 31 heavy (non-hydrogen) atoms. The largest absolute Gasteiger partial charge is 0.378 e. The van der Waals surface area contributed by atoms with Crippen LogP contribution in [-0.2, 0) is 22.6 Å². The quantitative estimate of drug-likeness (QED) is 0.630. The van der Waals surface area contributed by atoms with E-state index < -0.39 is 12.3 Å². The van der Waals surface area contributed by atoms with Crippen molar-refractivity contribution in [3.05, 3.63) is 27.8 Å². The Kier molecular flexibility index (Phi) is 6.37. The van der Waals surface area contributed by atoms with Crippen molar-refractivity contribution in [1.29, 1.82) is 0 Å². The molecule has 2 amide bonds. The lowest BCUT2D eigenvalue weighted by Gasteiger charge is -2.27. The normalized spacial score (nSPS) is 16.7. The molecule has 1 aliphatic heterocycles. The summed E-state index contributed by atoms with van der Waals surface area (Å²) < 4.78 is 35.0. The SMILES string of the molecule is CCn1ncc(NC(=O)Cn2nc(C(F)F)c(Br)c2C2CC2)c1C(=O)N1CCOCC1. The van der Waals surface area contributed by atoms with Crippen LogP contribution in [0.5, 0.6) is 0 Å². The van der Waals surface area contributed by atoms with E-state index in [1.165, 1.54) is 15.6 Å².